The third-order valence-electron chi connectivity index (χ3n) is 2.75. The molecule has 1 heterocycles. The molecule has 1 aromatic heterocycles. The molecule has 128 valence electrons. The van der Waals surface area contributed by atoms with Gasteiger partial charge in [0, 0.05) is 38.3 Å². The van der Waals surface area contributed by atoms with E-state index in [0.29, 0.717) is 12.4 Å². The Morgan fingerprint density at radius 3 is 2.50 bits per heavy atom. The fourth-order valence-corrected chi connectivity index (χ4v) is 2.51. The zero-order chi connectivity index (χ0) is 16.3. The van der Waals surface area contributed by atoms with E-state index in [-0.39, 0.29) is 36.3 Å². The van der Waals surface area contributed by atoms with Crippen LogP contribution in [0.1, 0.15) is 26.1 Å². The van der Waals surface area contributed by atoms with Crippen molar-refractivity contribution in [2.24, 2.45) is 12.8 Å². The van der Waals surface area contributed by atoms with E-state index in [1.807, 2.05) is 0 Å². The molecular formula is C12H24ClN5O3S. The van der Waals surface area contributed by atoms with Gasteiger partial charge >= 0.3 is 0 Å². The molecule has 1 amide bonds. The van der Waals surface area contributed by atoms with Crippen molar-refractivity contribution in [1.29, 1.82) is 0 Å². The van der Waals surface area contributed by atoms with Gasteiger partial charge in [-0.3, -0.25) is 4.79 Å². The number of rotatable bonds is 7. The summed E-state index contributed by atoms with van der Waals surface area (Å²) in [6.07, 6.45) is 1.47. The highest BCUT2D eigenvalue weighted by Crippen LogP contribution is 2.07. The summed E-state index contributed by atoms with van der Waals surface area (Å²) in [5, 5.41) is 2.59. The van der Waals surface area contributed by atoms with Crippen LogP contribution in [-0.2, 0) is 21.9 Å². The van der Waals surface area contributed by atoms with Gasteiger partial charge in [-0.25, -0.2) is 18.1 Å². The Balaban J connectivity index is 0.00000441. The average Bonchev–Trinajstić information content (AvgIpc) is 2.67. The van der Waals surface area contributed by atoms with E-state index in [4.69, 9.17) is 5.73 Å². The van der Waals surface area contributed by atoms with Gasteiger partial charge in [0.05, 0.1) is 0 Å². The molecule has 4 N–H and O–H groups in total. The second-order valence-electron chi connectivity index (χ2n) is 5.65. The number of nitrogens with zero attached hydrogens (tertiary/aromatic N) is 2. The SMILES string of the molecule is Cc1nc(S(=O)(=O)NCCC(=O)NCC(C)(C)N)cn1C.Cl. The molecule has 0 saturated carbocycles. The van der Waals surface area contributed by atoms with Crippen LogP contribution in [0.4, 0.5) is 0 Å². The lowest BCUT2D eigenvalue weighted by molar-refractivity contribution is -0.121. The normalized spacial score (nSPS) is 11.9. The number of hydrogen-bond acceptors (Lipinski definition) is 5. The van der Waals surface area contributed by atoms with Crippen LogP contribution >= 0.6 is 12.4 Å². The summed E-state index contributed by atoms with van der Waals surface area (Å²) in [5.41, 5.74) is 5.24. The molecule has 0 aliphatic carbocycles. The van der Waals surface area contributed by atoms with Crippen molar-refractivity contribution in [3.63, 3.8) is 0 Å². The molecule has 22 heavy (non-hydrogen) atoms. The Kier molecular flexibility index (Phi) is 7.49. The van der Waals surface area contributed by atoms with E-state index in [0.717, 1.165) is 0 Å². The van der Waals surface area contributed by atoms with Crippen LogP contribution in [0.2, 0.25) is 0 Å². The first-order chi connectivity index (χ1) is 9.51. The molecule has 0 aliphatic rings. The maximum Gasteiger partial charge on any atom is 0.259 e. The summed E-state index contributed by atoms with van der Waals surface area (Å²) in [5.74, 6) is 0.340. The molecule has 1 aromatic rings. The van der Waals surface area contributed by atoms with Crippen LogP contribution in [0.5, 0.6) is 0 Å². The molecule has 0 aromatic carbocycles. The smallest absolute Gasteiger partial charge is 0.259 e. The highest BCUT2D eigenvalue weighted by molar-refractivity contribution is 7.89. The fourth-order valence-electron chi connectivity index (χ4n) is 1.44. The number of aryl methyl sites for hydroxylation is 2. The van der Waals surface area contributed by atoms with E-state index in [1.54, 1.807) is 32.4 Å². The van der Waals surface area contributed by atoms with E-state index in [2.05, 4.69) is 15.0 Å². The third kappa shape index (κ3) is 6.73. The number of carbonyl (C=O) groups excluding carboxylic acids is 1. The zero-order valence-corrected chi connectivity index (χ0v) is 14.8. The summed E-state index contributed by atoms with van der Waals surface area (Å²) in [6.45, 7) is 5.63. The molecule has 0 aliphatic heterocycles. The summed E-state index contributed by atoms with van der Waals surface area (Å²) < 4.78 is 27.9. The van der Waals surface area contributed by atoms with Crippen LogP contribution in [0.15, 0.2) is 11.2 Å². The van der Waals surface area contributed by atoms with Crippen molar-refractivity contribution in [2.45, 2.75) is 37.8 Å². The van der Waals surface area contributed by atoms with E-state index >= 15 is 0 Å². The second kappa shape index (κ2) is 7.91. The number of amides is 1. The number of nitrogens with two attached hydrogens (primary N) is 1. The first kappa shape index (κ1) is 20.8. The molecule has 0 atom stereocenters. The number of aromatic nitrogens is 2. The number of hydrogen-bond donors (Lipinski definition) is 3. The number of imidazole rings is 1. The summed E-state index contributed by atoms with van der Waals surface area (Å²) in [6, 6.07) is 0. The Bertz CT molecular complexity index is 587. The lowest BCUT2D eigenvalue weighted by Gasteiger charge is -2.18. The van der Waals surface area contributed by atoms with Gasteiger partial charge in [0.15, 0.2) is 5.03 Å². The Labute approximate surface area is 137 Å². The van der Waals surface area contributed by atoms with Crippen molar-refractivity contribution >= 4 is 28.3 Å². The summed E-state index contributed by atoms with van der Waals surface area (Å²) in [7, 11) is -1.98. The lowest BCUT2D eigenvalue weighted by Crippen LogP contribution is -2.45. The van der Waals surface area contributed by atoms with E-state index in [9.17, 15) is 13.2 Å². The molecule has 0 radical (unpaired) electrons. The van der Waals surface area contributed by atoms with Crippen LogP contribution < -0.4 is 15.8 Å². The number of nitrogens with one attached hydrogen (secondary N) is 2. The molecule has 0 spiro atoms. The number of sulfonamides is 1. The lowest BCUT2D eigenvalue weighted by atomic mass is 10.1. The van der Waals surface area contributed by atoms with Gasteiger partial charge in [-0.15, -0.1) is 12.4 Å². The minimum Gasteiger partial charge on any atom is -0.354 e. The van der Waals surface area contributed by atoms with Gasteiger partial charge in [-0.1, -0.05) is 0 Å². The first-order valence-electron chi connectivity index (χ1n) is 6.56. The molecular weight excluding hydrogens is 330 g/mol. The quantitative estimate of drug-likeness (QED) is 0.620. The molecule has 8 nitrogen and oxygen atoms in total. The van der Waals surface area contributed by atoms with Crippen molar-refractivity contribution in [1.82, 2.24) is 19.6 Å². The zero-order valence-electron chi connectivity index (χ0n) is 13.2. The molecule has 1 rings (SSSR count). The maximum atomic E-state index is 12.0. The third-order valence-corrected chi connectivity index (χ3v) is 4.08. The molecule has 0 bridgehead atoms. The van der Waals surface area contributed by atoms with Gasteiger partial charge in [0.25, 0.3) is 10.0 Å². The summed E-state index contributed by atoms with van der Waals surface area (Å²) >= 11 is 0. The number of halogens is 1. The number of carbonyl (C=O) groups is 1. The van der Waals surface area contributed by atoms with Gasteiger partial charge in [-0.05, 0) is 20.8 Å². The first-order valence-corrected chi connectivity index (χ1v) is 8.05. The summed E-state index contributed by atoms with van der Waals surface area (Å²) in [4.78, 5) is 15.5. The van der Waals surface area contributed by atoms with Crippen molar-refractivity contribution in [2.75, 3.05) is 13.1 Å². The predicted octanol–water partition coefficient (Wildman–Crippen LogP) is -0.328. The molecule has 0 saturated heterocycles. The minimum absolute atomic E-state index is 0. The maximum absolute atomic E-state index is 12.0. The standard InChI is InChI=1S/C12H23N5O3S.ClH/c1-9-16-11(7-17(9)4)21(19,20)15-6-5-10(18)14-8-12(2,3)13;/h7,15H,5-6,8,13H2,1-4H3,(H,14,18);1H. The molecule has 0 fully saturated rings. The van der Waals surface area contributed by atoms with Crippen LogP contribution in [-0.4, -0.2) is 42.5 Å². The Morgan fingerprint density at radius 1 is 1.45 bits per heavy atom. The fraction of sp³-hybridized carbons (Fsp3) is 0.667. The molecule has 0 unspecified atom stereocenters. The van der Waals surface area contributed by atoms with Gasteiger partial charge in [0.1, 0.15) is 5.82 Å². The minimum atomic E-state index is -3.69. The van der Waals surface area contributed by atoms with Crippen LogP contribution in [0.3, 0.4) is 0 Å². The predicted molar refractivity (Wildman–Crippen MR) is 86.3 cm³/mol. The second-order valence-corrected chi connectivity index (χ2v) is 7.36. The van der Waals surface area contributed by atoms with E-state index < -0.39 is 15.6 Å². The van der Waals surface area contributed by atoms with Gasteiger partial charge in [-0.2, -0.15) is 0 Å². The highest BCUT2D eigenvalue weighted by atomic mass is 35.5. The van der Waals surface area contributed by atoms with Crippen molar-refractivity contribution in [3.05, 3.63) is 12.0 Å². The van der Waals surface area contributed by atoms with Gasteiger partial charge in [0.2, 0.25) is 5.91 Å². The van der Waals surface area contributed by atoms with Crippen molar-refractivity contribution < 1.29 is 13.2 Å². The Hall–Kier alpha value is -1.16. The van der Waals surface area contributed by atoms with E-state index in [1.165, 1.54) is 6.20 Å². The molecule has 10 heteroatoms. The topological polar surface area (TPSA) is 119 Å². The largest absolute Gasteiger partial charge is 0.354 e. The van der Waals surface area contributed by atoms with Crippen LogP contribution in [0.25, 0.3) is 0 Å². The van der Waals surface area contributed by atoms with Crippen molar-refractivity contribution in [3.8, 4) is 0 Å². The Morgan fingerprint density at radius 2 is 2.05 bits per heavy atom. The monoisotopic (exact) mass is 353 g/mol. The van der Waals surface area contributed by atoms with Crippen LogP contribution in [0, 0.1) is 6.92 Å². The van der Waals surface area contributed by atoms with Gasteiger partial charge < -0.3 is 15.6 Å². The average molecular weight is 354 g/mol. The highest BCUT2D eigenvalue weighted by Gasteiger charge is 2.18.